The van der Waals surface area contributed by atoms with Crippen molar-refractivity contribution in [3.63, 3.8) is 0 Å². The largest absolute Gasteiger partial charge is 0.394 e. The van der Waals surface area contributed by atoms with Crippen molar-refractivity contribution in [1.29, 1.82) is 0 Å². The fraction of sp³-hybridized carbons (Fsp3) is 0.647. The molecule has 0 aliphatic carbocycles. The summed E-state index contributed by atoms with van der Waals surface area (Å²) in [7, 11) is 0. The number of unbranched alkanes of at least 4 members (excludes halogenated alkanes) is 1. The van der Waals surface area contributed by atoms with E-state index >= 15 is 0 Å². The summed E-state index contributed by atoms with van der Waals surface area (Å²) in [6.07, 6.45) is 2.92. The molecule has 0 saturated carbocycles. The Bertz CT molecular complexity index is 414. The molecular formula is C17H29FN2O. The van der Waals surface area contributed by atoms with E-state index in [-0.39, 0.29) is 18.0 Å². The van der Waals surface area contributed by atoms with Gasteiger partial charge in [-0.25, -0.2) is 4.39 Å². The number of likely N-dealkylation sites (N-methyl/N-ethyl adjacent to an activating group) is 1. The van der Waals surface area contributed by atoms with Crippen molar-refractivity contribution >= 4 is 5.69 Å². The molecule has 1 rings (SSSR count). The number of nitrogens with one attached hydrogen (secondary N) is 1. The van der Waals surface area contributed by atoms with Crippen molar-refractivity contribution < 1.29 is 9.50 Å². The molecule has 4 heteroatoms. The van der Waals surface area contributed by atoms with E-state index in [1.54, 1.807) is 6.07 Å². The van der Waals surface area contributed by atoms with Crippen LogP contribution in [0.1, 0.15) is 40.0 Å². The van der Waals surface area contributed by atoms with Crippen LogP contribution in [0.3, 0.4) is 0 Å². The van der Waals surface area contributed by atoms with Gasteiger partial charge in [0.05, 0.1) is 12.3 Å². The van der Waals surface area contributed by atoms with Gasteiger partial charge >= 0.3 is 0 Å². The predicted molar refractivity (Wildman–Crippen MR) is 87.3 cm³/mol. The smallest absolute Gasteiger partial charge is 0.146 e. The van der Waals surface area contributed by atoms with Gasteiger partial charge in [-0.05, 0) is 51.8 Å². The van der Waals surface area contributed by atoms with Gasteiger partial charge in [-0.1, -0.05) is 19.1 Å². The molecule has 120 valence electrons. The van der Waals surface area contributed by atoms with E-state index in [4.69, 9.17) is 0 Å². The van der Waals surface area contributed by atoms with E-state index in [9.17, 15) is 9.50 Å². The fourth-order valence-electron chi connectivity index (χ4n) is 2.63. The Morgan fingerprint density at radius 2 is 1.95 bits per heavy atom. The van der Waals surface area contributed by atoms with Gasteiger partial charge in [-0.15, -0.1) is 0 Å². The molecule has 1 unspecified atom stereocenters. The number of anilines is 1. The van der Waals surface area contributed by atoms with Crippen LogP contribution in [-0.2, 0) is 0 Å². The maximum absolute atomic E-state index is 13.8. The summed E-state index contributed by atoms with van der Waals surface area (Å²) in [6, 6.07) is 6.92. The standard InChI is InChI=1S/C17H29FN2O/c1-4-19-17(3,14-21)12-8-9-13-20(5-2)16-11-7-6-10-15(16)18/h6-7,10-11,19,21H,4-5,8-9,12-14H2,1-3H3. The SMILES string of the molecule is CCNC(C)(CO)CCCCN(CC)c1ccccc1F. The molecule has 1 aromatic rings. The summed E-state index contributed by atoms with van der Waals surface area (Å²) in [5.41, 5.74) is 0.473. The third-order valence-electron chi connectivity index (χ3n) is 3.93. The minimum Gasteiger partial charge on any atom is -0.394 e. The highest BCUT2D eigenvalue weighted by Gasteiger charge is 2.21. The van der Waals surface area contributed by atoms with Gasteiger partial charge in [0.15, 0.2) is 0 Å². The van der Waals surface area contributed by atoms with E-state index in [0.29, 0.717) is 5.69 Å². The molecular weight excluding hydrogens is 267 g/mol. The highest BCUT2D eigenvalue weighted by atomic mass is 19.1. The van der Waals surface area contributed by atoms with Gasteiger partial charge in [0.2, 0.25) is 0 Å². The van der Waals surface area contributed by atoms with Crippen molar-refractivity contribution in [3.8, 4) is 0 Å². The molecule has 0 spiro atoms. The first kappa shape index (κ1) is 17.9. The number of aliphatic hydroxyl groups excluding tert-OH is 1. The van der Waals surface area contributed by atoms with Crippen LogP contribution in [0, 0.1) is 5.82 Å². The van der Waals surface area contributed by atoms with Crippen LogP contribution in [0.2, 0.25) is 0 Å². The molecule has 0 amide bonds. The molecule has 1 atom stereocenters. The van der Waals surface area contributed by atoms with Gasteiger partial charge in [0.1, 0.15) is 5.82 Å². The second-order valence-corrected chi connectivity index (χ2v) is 5.74. The zero-order chi connectivity index (χ0) is 15.7. The molecule has 21 heavy (non-hydrogen) atoms. The molecule has 0 fully saturated rings. The Kier molecular flexibility index (Phi) is 7.68. The van der Waals surface area contributed by atoms with Gasteiger partial charge in [-0.3, -0.25) is 0 Å². The number of aliphatic hydroxyl groups is 1. The Hall–Kier alpha value is -1.13. The van der Waals surface area contributed by atoms with Crippen LogP contribution in [0.4, 0.5) is 10.1 Å². The predicted octanol–water partition coefficient (Wildman–Crippen LogP) is 3.18. The van der Waals surface area contributed by atoms with Crippen molar-refractivity contribution in [3.05, 3.63) is 30.1 Å². The molecule has 2 N–H and O–H groups in total. The Labute approximate surface area is 128 Å². The van der Waals surface area contributed by atoms with E-state index in [0.717, 1.165) is 38.9 Å². The molecule has 0 radical (unpaired) electrons. The summed E-state index contributed by atoms with van der Waals surface area (Å²) >= 11 is 0. The first-order valence-electron chi connectivity index (χ1n) is 7.91. The number of para-hydroxylation sites is 1. The van der Waals surface area contributed by atoms with E-state index in [2.05, 4.69) is 10.2 Å². The average Bonchev–Trinajstić information content (AvgIpc) is 2.49. The quantitative estimate of drug-likeness (QED) is 0.651. The maximum Gasteiger partial charge on any atom is 0.146 e. The summed E-state index contributed by atoms with van der Waals surface area (Å²) in [6.45, 7) is 8.77. The van der Waals surface area contributed by atoms with E-state index in [1.807, 2.05) is 32.9 Å². The minimum atomic E-state index is -0.205. The Morgan fingerprint density at radius 1 is 1.24 bits per heavy atom. The lowest BCUT2D eigenvalue weighted by Crippen LogP contribution is -2.45. The van der Waals surface area contributed by atoms with E-state index in [1.165, 1.54) is 6.07 Å². The number of rotatable bonds is 10. The van der Waals surface area contributed by atoms with Gasteiger partial charge in [0, 0.05) is 18.6 Å². The lowest BCUT2D eigenvalue weighted by Gasteiger charge is -2.29. The zero-order valence-electron chi connectivity index (χ0n) is 13.5. The number of halogens is 1. The van der Waals surface area contributed by atoms with Crippen molar-refractivity contribution in [2.24, 2.45) is 0 Å². The van der Waals surface area contributed by atoms with Crippen LogP contribution in [-0.4, -0.2) is 36.9 Å². The van der Waals surface area contributed by atoms with Crippen LogP contribution in [0.5, 0.6) is 0 Å². The summed E-state index contributed by atoms with van der Waals surface area (Å²) in [5.74, 6) is -0.160. The highest BCUT2D eigenvalue weighted by molar-refractivity contribution is 5.47. The van der Waals surface area contributed by atoms with Gasteiger partial charge < -0.3 is 15.3 Å². The Balaban J connectivity index is 2.45. The van der Waals surface area contributed by atoms with Crippen LogP contribution in [0.25, 0.3) is 0 Å². The maximum atomic E-state index is 13.8. The van der Waals surface area contributed by atoms with Crippen LogP contribution in [0.15, 0.2) is 24.3 Å². The molecule has 3 nitrogen and oxygen atoms in total. The van der Waals surface area contributed by atoms with Gasteiger partial charge in [0.25, 0.3) is 0 Å². The van der Waals surface area contributed by atoms with Crippen LogP contribution >= 0.6 is 0 Å². The second-order valence-electron chi connectivity index (χ2n) is 5.74. The average molecular weight is 296 g/mol. The van der Waals surface area contributed by atoms with Gasteiger partial charge in [-0.2, -0.15) is 0 Å². The van der Waals surface area contributed by atoms with Crippen molar-refractivity contribution in [2.45, 2.75) is 45.6 Å². The normalized spacial score (nSPS) is 14.0. The molecule has 0 heterocycles. The topological polar surface area (TPSA) is 35.5 Å². The van der Waals surface area contributed by atoms with Crippen LogP contribution < -0.4 is 10.2 Å². The van der Waals surface area contributed by atoms with Crippen molar-refractivity contribution in [1.82, 2.24) is 5.32 Å². The number of nitrogens with zero attached hydrogens (tertiary/aromatic N) is 1. The first-order valence-corrected chi connectivity index (χ1v) is 7.91. The van der Waals surface area contributed by atoms with E-state index < -0.39 is 0 Å². The minimum absolute atomic E-state index is 0.144. The third kappa shape index (κ3) is 5.64. The molecule has 0 aliphatic heterocycles. The lowest BCUT2D eigenvalue weighted by molar-refractivity contribution is 0.165. The van der Waals surface area contributed by atoms with Crippen molar-refractivity contribution in [2.75, 3.05) is 31.1 Å². The molecule has 0 aliphatic rings. The summed E-state index contributed by atoms with van der Waals surface area (Å²) < 4.78 is 13.8. The Morgan fingerprint density at radius 3 is 2.52 bits per heavy atom. The summed E-state index contributed by atoms with van der Waals surface area (Å²) in [4.78, 5) is 2.07. The molecule has 0 bridgehead atoms. The first-order chi connectivity index (χ1) is 10.1. The molecule has 1 aromatic carbocycles. The zero-order valence-corrected chi connectivity index (χ0v) is 13.5. The third-order valence-corrected chi connectivity index (χ3v) is 3.93. The monoisotopic (exact) mass is 296 g/mol. The molecule has 0 aromatic heterocycles. The number of benzene rings is 1. The molecule has 0 saturated heterocycles. The highest BCUT2D eigenvalue weighted by Crippen LogP contribution is 2.20. The lowest BCUT2D eigenvalue weighted by atomic mass is 9.95. The number of hydrogen-bond acceptors (Lipinski definition) is 3. The number of hydrogen-bond donors (Lipinski definition) is 2. The second kappa shape index (κ2) is 9.00. The summed E-state index contributed by atoms with van der Waals surface area (Å²) in [5, 5.41) is 12.8. The fourth-order valence-corrected chi connectivity index (χ4v) is 2.63.